The molecule has 0 aliphatic heterocycles. The Balaban J connectivity index is 2.63. The highest BCUT2D eigenvalue weighted by Gasteiger charge is 2.15. The summed E-state index contributed by atoms with van der Waals surface area (Å²) in [4.78, 5) is 11.1. The number of primary amides is 1. The van der Waals surface area contributed by atoms with Gasteiger partial charge in [-0.1, -0.05) is 24.3 Å². The van der Waals surface area contributed by atoms with Gasteiger partial charge in [-0.3, -0.25) is 4.79 Å². The number of hydrogen-bond acceptors (Lipinski definition) is 4. The highest BCUT2D eigenvalue weighted by atomic mass is 16.5. The first kappa shape index (κ1) is 12.7. The van der Waals surface area contributed by atoms with Gasteiger partial charge in [0.15, 0.2) is 6.10 Å². The van der Waals surface area contributed by atoms with E-state index in [0.29, 0.717) is 22.4 Å². The third-order valence-corrected chi connectivity index (χ3v) is 2.87. The molecule has 4 N–H and O–H groups in total. The molecule has 5 heteroatoms. The van der Waals surface area contributed by atoms with Crippen LogP contribution < -0.4 is 16.2 Å². The number of anilines is 1. The van der Waals surface area contributed by atoms with E-state index in [2.05, 4.69) is 0 Å². The molecule has 0 aliphatic rings. The van der Waals surface area contributed by atoms with Crippen molar-refractivity contribution >= 4 is 22.4 Å². The largest absolute Gasteiger partial charge is 0.480 e. The Labute approximate surface area is 110 Å². The van der Waals surface area contributed by atoms with Crippen LogP contribution in [-0.2, 0) is 4.79 Å². The van der Waals surface area contributed by atoms with E-state index in [-0.39, 0.29) is 0 Å². The number of nitrogen functional groups attached to an aromatic ring is 1. The molecule has 0 heterocycles. The molecule has 0 aromatic heterocycles. The van der Waals surface area contributed by atoms with Crippen molar-refractivity contribution in [3.05, 3.63) is 35.9 Å². The Morgan fingerprint density at radius 3 is 2.58 bits per heavy atom. The van der Waals surface area contributed by atoms with E-state index in [1.807, 2.05) is 24.3 Å². The molecule has 1 atom stereocenters. The molecule has 0 spiro atoms. The molecular formula is C14H13N3O2. The Morgan fingerprint density at radius 1 is 1.37 bits per heavy atom. The molecule has 0 radical (unpaired) electrons. The Morgan fingerprint density at radius 2 is 2.00 bits per heavy atom. The molecule has 0 aliphatic carbocycles. The highest BCUT2D eigenvalue weighted by molar-refractivity contribution is 5.99. The minimum atomic E-state index is -0.779. The van der Waals surface area contributed by atoms with Crippen LogP contribution in [0.1, 0.15) is 12.5 Å². The van der Waals surface area contributed by atoms with E-state index >= 15 is 0 Å². The quantitative estimate of drug-likeness (QED) is 0.812. The van der Waals surface area contributed by atoms with Gasteiger partial charge in [-0.05, 0) is 6.92 Å². The summed E-state index contributed by atoms with van der Waals surface area (Å²) in [5.74, 6) is -0.146. The van der Waals surface area contributed by atoms with Crippen LogP contribution >= 0.6 is 0 Å². The van der Waals surface area contributed by atoms with E-state index in [9.17, 15) is 4.79 Å². The third-order valence-electron chi connectivity index (χ3n) is 2.87. The number of amides is 1. The first-order chi connectivity index (χ1) is 9.04. The van der Waals surface area contributed by atoms with Crippen LogP contribution in [0.25, 0.3) is 10.8 Å². The molecular weight excluding hydrogens is 242 g/mol. The lowest BCUT2D eigenvalue weighted by Crippen LogP contribution is -2.30. The minimum Gasteiger partial charge on any atom is -0.480 e. The Bertz CT molecular complexity index is 689. The van der Waals surface area contributed by atoms with Crippen molar-refractivity contribution in [2.45, 2.75) is 13.0 Å². The number of rotatable bonds is 3. The van der Waals surface area contributed by atoms with Gasteiger partial charge < -0.3 is 16.2 Å². The van der Waals surface area contributed by atoms with Gasteiger partial charge in [0.05, 0.1) is 11.3 Å². The summed E-state index contributed by atoms with van der Waals surface area (Å²) in [6.07, 6.45) is -0.779. The lowest BCUT2D eigenvalue weighted by atomic mass is 10.0. The average Bonchev–Trinajstić information content (AvgIpc) is 2.41. The monoisotopic (exact) mass is 255 g/mol. The van der Waals surface area contributed by atoms with Crippen LogP contribution in [0.5, 0.6) is 5.75 Å². The second-order valence-electron chi connectivity index (χ2n) is 4.16. The first-order valence-electron chi connectivity index (χ1n) is 5.72. The van der Waals surface area contributed by atoms with Gasteiger partial charge in [0.2, 0.25) is 0 Å². The number of ether oxygens (including phenoxy) is 1. The molecule has 1 unspecified atom stereocenters. The summed E-state index contributed by atoms with van der Waals surface area (Å²) in [7, 11) is 0. The van der Waals surface area contributed by atoms with Crippen LogP contribution in [0.3, 0.4) is 0 Å². The smallest absolute Gasteiger partial charge is 0.258 e. The Hall–Kier alpha value is -2.74. The zero-order valence-corrected chi connectivity index (χ0v) is 10.4. The van der Waals surface area contributed by atoms with Gasteiger partial charge in [-0.15, -0.1) is 0 Å². The first-order valence-corrected chi connectivity index (χ1v) is 5.72. The lowest BCUT2D eigenvalue weighted by molar-refractivity contribution is -0.123. The molecule has 96 valence electrons. The number of nitriles is 1. The minimum absolute atomic E-state index is 0.311. The van der Waals surface area contributed by atoms with E-state index in [1.54, 1.807) is 13.0 Å². The standard InChI is InChI=1S/C14H13N3O2/c1-8(14(17)18)19-12-6-9(7-15)13(16)11-5-3-2-4-10(11)12/h2-6,8H,16H2,1H3,(H2,17,18). The van der Waals surface area contributed by atoms with Crippen LogP contribution in [0, 0.1) is 11.3 Å². The topological polar surface area (TPSA) is 102 Å². The fourth-order valence-corrected chi connectivity index (χ4v) is 1.80. The van der Waals surface area contributed by atoms with E-state index in [4.69, 9.17) is 21.5 Å². The molecule has 2 aromatic rings. The van der Waals surface area contributed by atoms with E-state index in [1.165, 1.54) is 6.07 Å². The summed E-state index contributed by atoms with van der Waals surface area (Å²) >= 11 is 0. The number of benzene rings is 2. The fraction of sp³-hybridized carbons (Fsp3) is 0.143. The van der Waals surface area contributed by atoms with E-state index < -0.39 is 12.0 Å². The van der Waals surface area contributed by atoms with Crippen molar-refractivity contribution in [1.29, 1.82) is 5.26 Å². The van der Waals surface area contributed by atoms with Gasteiger partial charge in [0.25, 0.3) is 5.91 Å². The highest BCUT2D eigenvalue weighted by Crippen LogP contribution is 2.33. The zero-order chi connectivity index (χ0) is 14.0. The predicted octanol–water partition coefficient (Wildman–Crippen LogP) is 1.55. The second kappa shape index (κ2) is 4.86. The zero-order valence-electron chi connectivity index (χ0n) is 10.4. The van der Waals surface area contributed by atoms with Crippen molar-refractivity contribution < 1.29 is 9.53 Å². The van der Waals surface area contributed by atoms with Gasteiger partial charge in [0.1, 0.15) is 11.8 Å². The molecule has 1 amide bonds. The summed E-state index contributed by atoms with van der Waals surface area (Å²) in [6, 6.07) is 10.8. The summed E-state index contributed by atoms with van der Waals surface area (Å²) in [5.41, 5.74) is 11.8. The number of fused-ring (bicyclic) bond motifs is 1. The molecule has 2 aromatic carbocycles. The molecule has 0 fully saturated rings. The van der Waals surface area contributed by atoms with Crippen LogP contribution in [0.2, 0.25) is 0 Å². The lowest BCUT2D eigenvalue weighted by Gasteiger charge is -2.15. The van der Waals surface area contributed by atoms with Crippen molar-refractivity contribution in [1.82, 2.24) is 0 Å². The maximum atomic E-state index is 11.1. The Kier molecular flexibility index (Phi) is 3.25. The summed E-state index contributed by atoms with van der Waals surface area (Å²) < 4.78 is 5.51. The van der Waals surface area contributed by atoms with Crippen molar-refractivity contribution in [3.63, 3.8) is 0 Å². The molecule has 5 nitrogen and oxygen atoms in total. The van der Waals surface area contributed by atoms with Gasteiger partial charge in [-0.25, -0.2) is 0 Å². The van der Waals surface area contributed by atoms with Crippen molar-refractivity contribution in [2.24, 2.45) is 5.73 Å². The second-order valence-corrected chi connectivity index (χ2v) is 4.16. The number of hydrogen-bond donors (Lipinski definition) is 2. The number of carbonyl (C=O) groups is 1. The fourth-order valence-electron chi connectivity index (χ4n) is 1.80. The number of nitrogens with two attached hydrogens (primary N) is 2. The van der Waals surface area contributed by atoms with Gasteiger partial charge in [-0.2, -0.15) is 5.26 Å². The normalized spacial score (nSPS) is 11.8. The van der Waals surface area contributed by atoms with Gasteiger partial charge in [0, 0.05) is 16.8 Å². The van der Waals surface area contributed by atoms with Gasteiger partial charge >= 0.3 is 0 Å². The molecule has 19 heavy (non-hydrogen) atoms. The van der Waals surface area contributed by atoms with Crippen LogP contribution in [0.15, 0.2) is 30.3 Å². The maximum absolute atomic E-state index is 11.1. The summed E-state index contributed by atoms with van der Waals surface area (Å²) in [6.45, 7) is 1.56. The third kappa shape index (κ3) is 2.29. The molecule has 0 bridgehead atoms. The molecule has 0 saturated carbocycles. The van der Waals surface area contributed by atoms with Crippen molar-refractivity contribution in [3.8, 4) is 11.8 Å². The van der Waals surface area contributed by atoms with E-state index in [0.717, 1.165) is 5.39 Å². The average molecular weight is 255 g/mol. The SMILES string of the molecule is CC(Oc1cc(C#N)c(N)c2ccccc12)C(N)=O. The number of carbonyl (C=O) groups excluding carboxylic acids is 1. The maximum Gasteiger partial charge on any atom is 0.258 e. The molecule has 2 rings (SSSR count). The molecule has 0 saturated heterocycles. The number of nitrogens with zero attached hydrogens (tertiary/aromatic N) is 1. The predicted molar refractivity (Wildman–Crippen MR) is 72.4 cm³/mol. The van der Waals surface area contributed by atoms with Crippen molar-refractivity contribution in [2.75, 3.05) is 5.73 Å². The van der Waals surface area contributed by atoms with Crippen LogP contribution in [-0.4, -0.2) is 12.0 Å². The van der Waals surface area contributed by atoms with Crippen LogP contribution in [0.4, 0.5) is 5.69 Å². The summed E-state index contributed by atoms with van der Waals surface area (Å²) in [5, 5.41) is 10.5.